The van der Waals surface area contributed by atoms with Gasteiger partial charge >= 0.3 is 0 Å². The van der Waals surface area contributed by atoms with E-state index >= 15 is 0 Å². The van der Waals surface area contributed by atoms with Crippen LogP contribution in [0.1, 0.15) is 20.3 Å². The number of hydrogen-bond donors (Lipinski definition) is 0. The zero-order valence-corrected chi connectivity index (χ0v) is 4.57. The Balaban J connectivity index is 2.96. The van der Waals surface area contributed by atoms with E-state index in [4.69, 9.17) is 0 Å². The summed E-state index contributed by atoms with van der Waals surface area (Å²) in [5.74, 6) is 0.699. The van der Waals surface area contributed by atoms with E-state index in [1.165, 1.54) is 6.42 Å². The van der Waals surface area contributed by atoms with Crippen molar-refractivity contribution in [2.45, 2.75) is 20.3 Å². The van der Waals surface area contributed by atoms with Gasteiger partial charge in [0.15, 0.2) is 0 Å². The molecule has 0 rings (SSSR count). The second-order valence-electron chi connectivity index (χ2n) is 1.62. The fourth-order valence-corrected chi connectivity index (χ4v) is 0.167. The van der Waals surface area contributed by atoms with Gasteiger partial charge in [0.05, 0.1) is 0 Å². The van der Waals surface area contributed by atoms with Gasteiger partial charge < -0.3 is 0 Å². The zero-order valence-electron chi connectivity index (χ0n) is 4.57. The van der Waals surface area contributed by atoms with Crippen LogP contribution in [0.5, 0.6) is 0 Å². The predicted molar refractivity (Wildman–Crippen MR) is 29.7 cm³/mol. The van der Waals surface area contributed by atoms with E-state index in [2.05, 4.69) is 20.4 Å². The normalized spacial score (nSPS) is 13.7. The maximum absolute atomic E-state index is 3.63. The Kier molecular flexibility index (Phi) is 2.82. The summed E-state index contributed by atoms with van der Waals surface area (Å²) < 4.78 is 0. The van der Waals surface area contributed by atoms with Gasteiger partial charge in [-0.1, -0.05) is 26.3 Å². The largest absolute Gasteiger partial charge is 0.103 e. The average molecular weight is 84.2 g/mol. The van der Waals surface area contributed by atoms with E-state index in [1.807, 2.05) is 6.08 Å². The second-order valence-corrected chi connectivity index (χ2v) is 1.62. The van der Waals surface area contributed by atoms with E-state index in [0.717, 1.165) is 0 Å². The average Bonchev–Trinajstić information content (AvgIpc) is 1.65. The molecule has 0 bridgehead atoms. The Morgan fingerprint density at radius 2 is 2.33 bits per heavy atom. The van der Waals surface area contributed by atoms with Crippen LogP contribution < -0.4 is 0 Å². The van der Waals surface area contributed by atoms with E-state index in [-0.39, 0.29) is 0 Å². The van der Waals surface area contributed by atoms with E-state index in [1.54, 1.807) is 0 Å². The zero-order chi connectivity index (χ0) is 4.99. The summed E-state index contributed by atoms with van der Waals surface area (Å²) in [4.78, 5) is 0. The van der Waals surface area contributed by atoms with Crippen LogP contribution in [-0.2, 0) is 0 Å². The van der Waals surface area contributed by atoms with Crippen LogP contribution in [-0.4, -0.2) is 0 Å². The van der Waals surface area contributed by atoms with E-state index in [0.29, 0.717) is 5.92 Å². The van der Waals surface area contributed by atoms with Crippen molar-refractivity contribution in [1.82, 2.24) is 0 Å². The molecular formula is C6H12. The smallest absolute Gasteiger partial charge is 0.0267 e. The Morgan fingerprint density at radius 3 is 2.33 bits per heavy atom. The molecule has 0 heterocycles. The number of rotatable bonds is 2. The summed E-state index contributed by atoms with van der Waals surface area (Å²) in [7, 11) is 0. The molecule has 0 spiro atoms. The maximum Gasteiger partial charge on any atom is -0.0267 e. The van der Waals surface area contributed by atoms with Gasteiger partial charge in [0.2, 0.25) is 0 Å². The molecule has 0 radical (unpaired) electrons. The second kappa shape index (κ2) is 2.95. The summed E-state index contributed by atoms with van der Waals surface area (Å²) >= 11 is 0. The highest BCUT2D eigenvalue weighted by atomic mass is 13.9. The Morgan fingerprint density at radius 1 is 1.83 bits per heavy atom. The lowest BCUT2D eigenvalue weighted by molar-refractivity contribution is 0.700. The molecule has 0 nitrogen and oxygen atoms in total. The third kappa shape index (κ3) is 2.01. The van der Waals surface area contributed by atoms with Crippen molar-refractivity contribution in [1.29, 1.82) is 0 Å². The Hall–Kier alpha value is -0.260. The van der Waals surface area contributed by atoms with Gasteiger partial charge in [-0.2, -0.15) is 0 Å². The third-order valence-electron chi connectivity index (χ3n) is 1.05. The minimum Gasteiger partial charge on any atom is -0.103 e. The Labute approximate surface area is 39.9 Å². The first kappa shape index (κ1) is 5.74. The molecule has 0 saturated carbocycles. The minimum atomic E-state index is 0.699. The van der Waals surface area contributed by atoms with Crippen molar-refractivity contribution in [3.05, 3.63) is 12.7 Å². The third-order valence-corrected chi connectivity index (χ3v) is 1.05. The molecule has 0 saturated heterocycles. The number of hydrogen-bond acceptors (Lipinski definition) is 0. The summed E-state index contributed by atoms with van der Waals surface area (Å²) in [5.41, 5.74) is 0. The highest BCUT2D eigenvalue weighted by Gasteiger charge is 1.84. The molecule has 0 unspecified atom stereocenters. The first-order chi connectivity index (χ1) is 2.81. The molecule has 1 atom stereocenters. The van der Waals surface area contributed by atoms with Crippen molar-refractivity contribution < 1.29 is 0 Å². The summed E-state index contributed by atoms with van der Waals surface area (Å²) in [6, 6.07) is 0. The van der Waals surface area contributed by atoms with E-state index < -0.39 is 0 Å². The highest BCUT2D eigenvalue weighted by molar-refractivity contribution is 4.72. The van der Waals surface area contributed by atoms with Gasteiger partial charge in [0.1, 0.15) is 0 Å². The summed E-state index contributed by atoms with van der Waals surface area (Å²) in [6.45, 7) is 7.95. The van der Waals surface area contributed by atoms with Crippen LogP contribution in [0.3, 0.4) is 0 Å². The van der Waals surface area contributed by atoms with Gasteiger partial charge in [-0.05, 0) is 5.92 Å². The minimum absolute atomic E-state index is 0.699. The van der Waals surface area contributed by atoms with Gasteiger partial charge in [-0.25, -0.2) is 0 Å². The van der Waals surface area contributed by atoms with Crippen LogP contribution in [0, 0.1) is 5.92 Å². The quantitative estimate of drug-likeness (QED) is 0.450. The Bertz CT molecular complexity index is 37.3. The SMILES string of the molecule is C=C[C@@H](C)CC. The topological polar surface area (TPSA) is 0 Å². The van der Waals surface area contributed by atoms with Gasteiger partial charge in [0.25, 0.3) is 0 Å². The fourth-order valence-electron chi connectivity index (χ4n) is 0.167. The highest BCUT2D eigenvalue weighted by Crippen LogP contribution is 1.98. The lowest BCUT2D eigenvalue weighted by Crippen LogP contribution is -1.80. The predicted octanol–water partition coefficient (Wildman–Crippen LogP) is 2.22. The monoisotopic (exact) mass is 84.1 g/mol. The lowest BCUT2D eigenvalue weighted by atomic mass is 10.1. The lowest BCUT2D eigenvalue weighted by Gasteiger charge is -1.93. The molecule has 0 aromatic carbocycles. The molecule has 36 valence electrons. The molecule has 0 aromatic rings. The molecule has 0 aliphatic rings. The van der Waals surface area contributed by atoms with Crippen LogP contribution in [0.2, 0.25) is 0 Å². The van der Waals surface area contributed by atoms with E-state index in [9.17, 15) is 0 Å². The van der Waals surface area contributed by atoms with Crippen LogP contribution in [0.4, 0.5) is 0 Å². The van der Waals surface area contributed by atoms with Gasteiger partial charge in [-0.15, -0.1) is 6.58 Å². The molecule has 0 aliphatic carbocycles. The molecule has 0 N–H and O–H groups in total. The van der Waals surface area contributed by atoms with Crippen molar-refractivity contribution in [2.24, 2.45) is 5.92 Å². The molecule has 0 aromatic heterocycles. The summed E-state index contributed by atoms with van der Waals surface area (Å²) in [6.07, 6.45) is 3.18. The number of allylic oxidation sites excluding steroid dienone is 1. The van der Waals surface area contributed by atoms with Crippen LogP contribution >= 0.6 is 0 Å². The fraction of sp³-hybridized carbons (Fsp3) is 0.667. The molecule has 0 heteroatoms. The molecule has 0 fully saturated rings. The maximum atomic E-state index is 3.63. The van der Waals surface area contributed by atoms with Crippen LogP contribution in [0.25, 0.3) is 0 Å². The summed E-state index contributed by atoms with van der Waals surface area (Å²) in [5, 5.41) is 0. The molecular weight excluding hydrogens is 72.1 g/mol. The molecule has 6 heavy (non-hydrogen) atoms. The molecule has 0 amide bonds. The van der Waals surface area contributed by atoms with Crippen LogP contribution in [0.15, 0.2) is 12.7 Å². The van der Waals surface area contributed by atoms with Gasteiger partial charge in [-0.3, -0.25) is 0 Å². The van der Waals surface area contributed by atoms with Gasteiger partial charge in [0, 0.05) is 0 Å². The van der Waals surface area contributed by atoms with Crippen molar-refractivity contribution in [2.75, 3.05) is 0 Å². The van der Waals surface area contributed by atoms with Crippen molar-refractivity contribution in [3.8, 4) is 0 Å². The van der Waals surface area contributed by atoms with Crippen molar-refractivity contribution in [3.63, 3.8) is 0 Å². The standard InChI is InChI=1S/C6H12/c1-4-6(3)5-2/h4,6H,1,5H2,2-3H3/t6-/m1/s1. The first-order valence-electron chi connectivity index (χ1n) is 2.43. The first-order valence-corrected chi connectivity index (χ1v) is 2.43. The molecule has 0 aliphatic heterocycles. The van der Waals surface area contributed by atoms with Crippen molar-refractivity contribution >= 4 is 0 Å².